The maximum absolute atomic E-state index is 5.39. The Hall–Kier alpha value is -2.04. The smallest absolute Gasteiger partial charge is 0.118 e. The summed E-state index contributed by atoms with van der Waals surface area (Å²) < 4.78 is 5.04. The summed E-state index contributed by atoms with van der Waals surface area (Å²) in [5, 5.41) is 7.54. The van der Waals surface area contributed by atoms with E-state index < -0.39 is 0 Å². The fourth-order valence-electron chi connectivity index (χ4n) is 1.17. The topological polar surface area (TPSA) is 66.0 Å². The van der Waals surface area contributed by atoms with Crippen molar-refractivity contribution in [2.45, 2.75) is 0 Å². The monoisotopic (exact) mass is 190 g/mol. The molecule has 2 rings (SSSR count). The molecule has 0 aliphatic heterocycles. The van der Waals surface area contributed by atoms with Crippen LogP contribution in [0.2, 0.25) is 0 Å². The van der Waals surface area contributed by atoms with Crippen molar-refractivity contribution in [2.75, 3.05) is 13.0 Å². The third-order valence-electron chi connectivity index (χ3n) is 1.90. The first-order chi connectivity index (χ1) is 6.79. The van der Waals surface area contributed by atoms with Crippen molar-refractivity contribution in [3.05, 3.63) is 30.5 Å². The van der Waals surface area contributed by atoms with Crippen LogP contribution in [0.25, 0.3) is 11.3 Å². The minimum absolute atomic E-state index is 0.746. The molecule has 2 aromatic rings. The summed E-state index contributed by atoms with van der Waals surface area (Å²) in [6.45, 7) is 0. The number of methoxy groups -OCH3 is 1. The first-order valence-electron chi connectivity index (χ1n) is 4.11. The highest BCUT2D eigenvalue weighted by atomic mass is 16.5. The quantitative estimate of drug-likeness (QED) is 0.707. The van der Waals surface area contributed by atoms with Gasteiger partial charge in [-0.25, -0.2) is 0 Å². The van der Waals surface area contributed by atoms with Gasteiger partial charge < -0.3 is 10.6 Å². The molecule has 2 N–H and O–H groups in total. The Kier molecular flexibility index (Phi) is 2.06. The van der Waals surface area contributed by atoms with E-state index in [1.54, 1.807) is 13.3 Å². The van der Waals surface area contributed by atoms with Crippen molar-refractivity contribution in [3.63, 3.8) is 0 Å². The maximum Gasteiger partial charge on any atom is 0.118 e. The van der Waals surface area contributed by atoms with Crippen LogP contribution in [-0.4, -0.2) is 22.2 Å². The van der Waals surface area contributed by atoms with Gasteiger partial charge in [-0.05, 0) is 29.5 Å². The summed E-state index contributed by atoms with van der Waals surface area (Å²) in [5.41, 5.74) is 1.71. The van der Waals surface area contributed by atoms with E-state index in [1.807, 2.05) is 24.3 Å². The Morgan fingerprint density at radius 1 is 1.29 bits per heavy atom. The van der Waals surface area contributed by atoms with Crippen molar-refractivity contribution >= 4 is 0 Å². The van der Waals surface area contributed by atoms with Gasteiger partial charge in [0.25, 0.3) is 0 Å². The lowest BCUT2D eigenvalue weighted by Gasteiger charge is -1.99. The van der Waals surface area contributed by atoms with Gasteiger partial charge in [-0.15, -0.1) is 5.10 Å². The zero-order chi connectivity index (χ0) is 9.97. The highest BCUT2D eigenvalue weighted by molar-refractivity contribution is 5.58. The number of rotatable bonds is 2. The summed E-state index contributed by atoms with van der Waals surface area (Å²) in [5.74, 6) is 6.20. The Morgan fingerprint density at radius 3 is 2.50 bits per heavy atom. The molecule has 1 aromatic carbocycles. The van der Waals surface area contributed by atoms with Crippen LogP contribution in [0.4, 0.5) is 0 Å². The van der Waals surface area contributed by atoms with Crippen molar-refractivity contribution in [2.24, 2.45) is 0 Å². The van der Waals surface area contributed by atoms with Crippen molar-refractivity contribution in [1.82, 2.24) is 15.1 Å². The molecular formula is C9H10N4O. The molecule has 14 heavy (non-hydrogen) atoms. The lowest BCUT2D eigenvalue weighted by Crippen LogP contribution is -2.07. The molecule has 0 amide bonds. The molecule has 0 atom stereocenters. The fraction of sp³-hybridized carbons (Fsp3) is 0.111. The molecule has 0 spiro atoms. The molecule has 0 unspecified atom stereocenters. The molecule has 0 saturated carbocycles. The Bertz CT molecular complexity index is 421. The molecule has 5 heteroatoms. The van der Waals surface area contributed by atoms with Gasteiger partial charge >= 0.3 is 0 Å². The largest absolute Gasteiger partial charge is 0.497 e. The standard InChI is InChI=1S/C9H10N4O/c1-14-8-4-2-7(3-5-8)9-6-13(10)12-11-9/h2-6H,10H2,1H3. The number of hydrogen-bond donors (Lipinski definition) is 1. The normalized spacial score (nSPS) is 10.1. The van der Waals surface area contributed by atoms with Crippen LogP contribution in [-0.2, 0) is 0 Å². The minimum Gasteiger partial charge on any atom is -0.497 e. The summed E-state index contributed by atoms with van der Waals surface area (Å²) in [7, 11) is 1.63. The molecule has 72 valence electrons. The fourth-order valence-corrected chi connectivity index (χ4v) is 1.17. The number of aromatic nitrogens is 3. The molecule has 1 heterocycles. The van der Waals surface area contributed by atoms with E-state index in [0.29, 0.717) is 0 Å². The minimum atomic E-state index is 0.746. The zero-order valence-corrected chi connectivity index (χ0v) is 7.71. The first kappa shape index (κ1) is 8.55. The zero-order valence-electron chi connectivity index (χ0n) is 7.71. The van der Waals surface area contributed by atoms with E-state index in [-0.39, 0.29) is 0 Å². The van der Waals surface area contributed by atoms with Crippen LogP contribution in [0.15, 0.2) is 30.5 Å². The van der Waals surface area contributed by atoms with Crippen LogP contribution in [0.1, 0.15) is 0 Å². The third-order valence-corrected chi connectivity index (χ3v) is 1.90. The SMILES string of the molecule is COc1ccc(-c2cn(N)nn2)cc1. The van der Waals surface area contributed by atoms with Gasteiger partial charge in [0, 0.05) is 5.56 Å². The number of hydrogen-bond acceptors (Lipinski definition) is 4. The molecule has 0 aliphatic rings. The summed E-state index contributed by atoms with van der Waals surface area (Å²) >= 11 is 0. The molecule has 0 fully saturated rings. The van der Waals surface area contributed by atoms with E-state index in [0.717, 1.165) is 17.0 Å². The number of nitrogen functional groups attached to an aromatic ring is 1. The van der Waals surface area contributed by atoms with Gasteiger partial charge in [0.2, 0.25) is 0 Å². The molecule has 1 aromatic heterocycles. The average Bonchev–Trinajstić information content (AvgIpc) is 2.65. The number of benzene rings is 1. The average molecular weight is 190 g/mol. The molecule has 0 bridgehead atoms. The first-order valence-corrected chi connectivity index (χ1v) is 4.11. The molecule has 0 radical (unpaired) electrons. The van der Waals surface area contributed by atoms with Crippen molar-refractivity contribution in [3.8, 4) is 17.0 Å². The third kappa shape index (κ3) is 1.52. The molecular weight excluding hydrogens is 180 g/mol. The van der Waals surface area contributed by atoms with Crippen molar-refractivity contribution in [1.29, 1.82) is 0 Å². The van der Waals surface area contributed by atoms with Gasteiger partial charge in [-0.1, -0.05) is 0 Å². The van der Waals surface area contributed by atoms with Gasteiger partial charge in [0.05, 0.1) is 13.3 Å². The van der Waals surface area contributed by atoms with Gasteiger partial charge in [-0.2, -0.15) is 4.79 Å². The Labute approximate surface area is 81.1 Å². The highest BCUT2D eigenvalue weighted by Gasteiger charge is 2.01. The van der Waals surface area contributed by atoms with E-state index in [4.69, 9.17) is 10.6 Å². The van der Waals surface area contributed by atoms with Crippen LogP contribution in [0.5, 0.6) is 5.75 Å². The summed E-state index contributed by atoms with van der Waals surface area (Å²) in [6.07, 6.45) is 1.65. The summed E-state index contributed by atoms with van der Waals surface area (Å²) in [4.78, 5) is 1.18. The van der Waals surface area contributed by atoms with Gasteiger partial charge in [0.15, 0.2) is 0 Å². The van der Waals surface area contributed by atoms with E-state index in [1.165, 1.54) is 4.79 Å². The second kappa shape index (κ2) is 3.37. The highest BCUT2D eigenvalue weighted by Crippen LogP contribution is 2.19. The van der Waals surface area contributed by atoms with Crippen LogP contribution >= 0.6 is 0 Å². The van der Waals surface area contributed by atoms with Crippen LogP contribution in [0.3, 0.4) is 0 Å². The van der Waals surface area contributed by atoms with E-state index >= 15 is 0 Å². The van der Waals surface area contributed by atoms with Gasteiger partial charge in [-0.3, -0.25) is 0 Å². The molecule has 5 nitrogen and oxygen atoms in total. The predicted molar refractivity (Wildman–Crippen MR) is 52.2 cm³/mol. The van der Waals surface area contributed by atoms with Crippen LogP contribution < -0.4 is 10.6 Å². The maximum atomic E-state index is 5.39. The molecule has 0 aliphatic carbocycles. The van der Waals surface area contributed by atoms with Gasteiger partial charge in [0.1, 0.15) is 11.4 Å². The van der Waals surface area contributed by atoms with Crippen LogP contribution in [0, 0.1) is 0 Å². The lowest BCUT2D eigenvalue weighted by molar-refractivity contribution is 0.415. The second-order valence-electron chi connectivity index (χ2n) is 2.81. The lowest BCUT2D eigenvalue weighted by atomic mass is 10.2. The van der Waals surface area contributed by atoms with E-state index in [9.17, 15) is 0 Å². The number of ether oxygens (including phenoxy) is 1. The van der Waals surface area contributed by atoms with Crippen molar-refractivity contribution < 1.29 is 4.74 Å². The second-order valence-corrected chi connectivity index (χ2v) is 2.81. The number of nitrogens with two attached hydrogens (primary N) is 1. The molecule has 0 saturated heterocycles. The predicted octanol–water partition coefficient (Wildman–Crippen LogP) is 0.667. The Balaban J connectivity index is 2.33. The Morgan fingerprint density at radius 2 is 2.00 bits per heavy atom. The van der Waals surface area contributed by atoms with E-state index in [2.05, 4.69) is 10.3 Å². The number of nitrogens with zero attached hydrogens (tertiary/aromatic N) is 3. The summed E-state index contributed by atoms with van der Waals surface area (Å²) in [6, 6.07) is 7.54.